The van der Waals surface area contributed by atoms with Crippen LogP contribution in [0.1, 0.15) is 25.2 Å². The van der Waals surface area contributed by atoms with Crippen LogP contribution in [0.4, 0.5) is 0 Å². The van der Waals surface area contributed by atoms with Gasteiger partial charge in [0.15, 0.2) is 5.76 Å². The Kier molecular flexibility index (Phi) is 3.10. The van der Waals surface area contributed by atoms with Crippen LogP contribution in [0.5, 0.6) is 0 Å². The summed E-state index contributed by atoms with van der Waals surface area (Å²) in [7, 11) is 0. The molecule has 86 valence electrons. The zero-order chi connectivity index (χ0) is 11.5. The molecule has 0 bridgehead atoms. The van der Waals surface area contributed by atoms with Crippen LogP contribution < -0.4 is 5.32 Å². The maximum atomic E-state index is 5.58. The molecule has 16 heavy (non-hydrogen) atoms. The van der Waals surface area contributed by atoms with Crippen LogP contribution >= 0.6 is 0 Å². The second-order valence-corrected chi connectivity index (χ2v) is 4.22. The number of nitrogens with zero attached hydrogens (tertiary/aromatic N) is 1. The van der Waals surface area contributed by atoms with Crippen molar-refractivity contribution in [2.75, 3.05) is 0 Å². The first kappa shape index (κ1) is 11.0. The minimum absolute atomic E-state index is 0.459. The number of hydrogen-bond donors (Lipinski definition) is 2. The monoisotopic (exact) mass is 219 g/mol. The highest BCUT2D eigenvalue weighted by atomic mass is 16.3. The van der Waals surface area contributed by atoms with Gasteiger partial charge >= 0.3 is 0 Å². The predicted molar refractivity (Wildman–Crippen MR) is 63.0 cm³/mol. The zero-order valence-electron chi connectivity index (χ0n) is 9.87. The molecule has 0 aliphatic heterocycles. The van der Waals surface area contributed by atoms with Crippen molar-refractivity contribution in [3.63, 3.8) is 0 Å². The Hall–Kier alpha value is -1.55. The number of aromatic amines is 1. The Bertz CT molecular complexity index is 456. The topological polar surface area (TPSA) is 53.9 Å². The fourth-order valence-electron chi connectivity index (χ4n) is 1.54. The van der Waals surface area contributed by atoms with Gasteiger partial charge in [-0.1, -0.05) is 13.8 Å². The van der Waals surface area contributed by atoms with Gasteiger partial charge < -0.3 is 9.73 Å². The van der Waals surface area contributed by atoms with Crippen molar-refractivity contribution in [3.8, 4) is 11.5 Å². The van der Waals surface area contributed by atoms with E-state index in [9.17, 15) is 0 Å². The summed E-state index contributed by atoms with van der Waals surface area (Å²) in [4.78, 5) is 0. The number of furan rings is 1. The number of hydrogen-bond acceptors (Lipinski definition) is 3. The molecule has 4 nitrogen and oxygen atoms in total. The van der Waals surface area contributed by atoms with Crippen LogP contribution in [0.2, 0.25) is 0 Å². The maximum absolute atomic E-state index is 5.58. The lowest BCUT2D eigenvalue weighted by Gasteiger charge is -2.07. The summed E-state index contributed by atoms with van der Waals surface area (Å²) in [5, 5.41) is 10.4. The molecule has 0 radical (unpaired) electrons. The lowest BCUT2D eigenvalue weighted by atomic mass is 10.2. The third-order valence-electron chi connectivity index (χ3n) is 2.41. The first-order chi connectivity index (χ1) is 7.66. The Labute approximate surface area is 95.1 Å². The zero-order valence-corrected chi connectivity index (χ0v) is 9.87. The molecule has 2 N–H and O–H groups in total. The Morgan fingerprint density at radius 1 is 1.44 bits per heavy atom. The molecule has 0 saturated heterocycles. The number of nitrogens with one attached hydrogen (secondary N) is 2. The Balaban J connectivity index is 2.19. The second kappa shape index (κ2) is 4.53. The molecule has 0 aliphatic rings. The minimum atomic E-state index is 0.459. The van der Waals surface area contributed by atoms with E-state index < -0.39 is 0 Å². The molecule has 2 aromatic heterocycles. The fourth-order valence-corrected chi connectivity index (χ4v) is 1.54. The molecule has 0 fully saturated rings. The van der Waals surface area contributed by atoms with Crippen LogP contribution in [0, 0.1) is 6.92 Å². The average molecular weight is 219 g/mol. The van der Waals surface area contributed by atoms with E-state index in [1.807, 2.05) is 25.3 Å². The molecule has 0 unspecified atom stereocenters. The van der Waals surface area contributed by atoms with Crippen molar-refractivity contribution >= 4 is 0 Å². The molecular formula is C12H17N3O. The van der Waals surface area contributed by atoms with E-state index in [0.29, 0.717) is 6.04 Å². The summed E-state index contributed by atoms with van der Waals surface area (Å²) in [6, 6.07) is 4.37. The fraction of sp³-hybridized carbons (Fsp3) is 0.417. The molecule has 0 aliphatic carbocycles. The number of rotatable bonds is 4. The van der Waals surface area contributed by atoms with Gasteiger partial charge in [-0.05, 0) is 19.1 Å². The Morgan fingerprint density at radius 3 is 2.88 bits per heavy atom. The van der Waals surface area contributed by atoms with Crippen molar-refractivity contribution in [2.24, 2.45) is 0 Å². The van der Waals surface area contributed by atoms with Crippen LogP contribution in [0.3, 0.4) is 0 Å². The van der Waals surface area contributed by atoms with Gasteiger partial charge in [-0.2, -0.15) is 5.10 Å². The third kappa shape index (κ3) is 2.33. The third-order valence-corrected chi connectivity index (χ3v) is 2.41. The molecule has 0 aromatic carbocycles. The highest BCUT2D eigenvalue weighted by Gasteiger charge is 2.10. The molecule has 0 spiro atoms. The second-order valence-electron chi connectivity index (χ2n) is 4.22. The van der Waals surface area contributed by atoms with E-state index in [1.165, 1.54) is 0 Å². The molecule has 4 heteroatoms. The largest absolute Gasteiger partial charge is 0.460 e. The standard InChI is InChI=1S/C12H17N3O/c1-8(2)13-6-10-7-14-15-12(10)11-5-4-9(3)16-11/h4-5,7-8,13H,6H2,1-3H3,(H,14,15). The number of aromatic nitrogens is 2. The highest BCUT2D eigenvalue weighted by Crippen LogP contribution is 2.23. The average Bonchev–Trinajstić information content (AvgIpc) is 2.82. The van der Waals surface area contributed by atoms with Crippen LogP contribution in [-0.2, 0) is 6.54 Å². The molecule has 2 rings (SSSR count). The molecular weight excluding hydrogens is 202 g/mol. The molecule has 0 atom stereocenters. The van der Waals surface area contributed by atoms with E-state index in [2.05, 4.69) is 29.4 Å². The minimum Gasteiger partial charge on any atom is -0.460 e. The first-order valence-electron chi connectivity index (χ1n) is 5.49. The summed E-state index contributed by atoms with van der Waals surface area (Å²) < 4.78 is 5.58. The summed E-state index contributed by atoms with van der Waals surface area (Å²) in [6.07, 6.45) is 1.84. The Morgan fingerprint density at radius 2 is 2.25 bits per heavy atom. The van der Waals surface area contributed by atoms with E-state index in [4.69, 9.17) is 4.42 Å². The van der Waals surface area contributed by atoms with E-state index >= 15 is 0 Å². The van der Waals surface area contributed by atoms with Gasteiger partial charge in [0.05, 0.1) is 6.20 Å². The van der Waals surface area contributed by atoms with Gasteiger partial charge in [-0.15, -0.1) is 0 Å². The summed E-state index contributed by atoms with van der Waals surface area (Å²) in [6.45, 7) is 6.97. The lowest BCUT2D eigenvalue weighted by molar-refractivity contribution is 0.543. The summed E-state index contributed by atoms with van der Waals surface area (Å²) >= 11 is 0. The van der Waals surface area contributed by atoms with E-state index in [0.717, 1.165) is 29.3 Å². The van der Waals surface area contributed by atoms with Gasteiger partial charge in [0, 0.05) is 18.2 Å². The summed E-state index contributed by atoms with van der Waals surface area (Å²) in [5.74, 6) is 1.75. The highest BCUT2D eigenvalue weighted by molar-refractivity contribution is 5.56. The van der Waals surface area contributed by atoms with Gasteiger partial charge in [-0.3, -0.25) is 5.10 Å². The van der Waals surface area contributed by atoms with Crippen molar-refractivity contribution in [2.45, 2.75) is 33.4 Å². The SMILES string of the molecule is Cc1ccc(-c2[nH]ncc2CNC(C)C)o1. The number of aryl methyl sites for hydroxylation is 1. The van der Waals surface area contributed by atoms with Crippen LogP contribution in [-0.4, -0.2) is 16.2 Å². The first-order valence-corrected chi connectivity index (χ1v) is 5.49. The van der Waals surface area contributed by atoms with Gasteiger partial charge in [0.2, 0.25) is 0 Å². The van der Waals surface area contributed by atoms with Crippen molar-refractivity contribution in [1.29, 1.82) is 0 Å². The van der Waals surface area contributed by atoms with Gasteiger partial charge in [-0.25, -0.2) is 0 Å². The number of H-pyrrole nitrogens is 1. The molecule has 0 amide bonds. The summed E-state index contributed by atoms with van der Waals surface area (Å²) in [5.41, 5.74) is 2.09. The van der Waals surface area contributed by atoms with Crippen LogP contribution in [0.25, 0.3) is 11.5 Å². The smallest absolute Gasteiger partial charge is 0.152 e. The van der Waals surface area contributed by atoms with Gasteiger partial charge in [0.25, 0.3) is 0 Å². The molecule has 0 saturated carbocycles. The van der Waals surface area contributed by atoms with Crippen LogP contribution in [0.15, 0.2) is 22.7 Å². The normalized spacial score (nSPS) is 11.2. The van der Waals surface area contributed by atoms with Gasteiger partial charge in [0.1, 0.15) is 11.5 Å². The molecule has 2 heterocycles. The quantitative estimate of drug-likeness (QED) is 0.830. The molecule has 2 aromatic rings. The predicted octanol–water partition coefficient (Wildman–Crippen LogP) is 2.48. The lowest BCUT2D eigenvalue weighted by Crippen LogP contribution is -2.21. The van der Waals surface area contributed by atoms with Crippen molar-refractivity contribution in [3.05, 3.63) is 29.7 Å². The van der Waals surface area contributed by atoms with Crippen molar-refractivity contribution in [1.82, 2.24) is 15.5 Å². The maximum Gasteiger partial charge on any atom is 0.152 e. The van der Waals surface area contributed by atoms with Crippen molar-refractivity contribution < 1.29 is 4.42 Å². The van der Waals surface area contributed by atoms with E-state index in [-0.39, 0.29) is 0 Å². The van der Waals surface area contributed by atoms with E-state index in [1.54, 1.807) is 0 Å².